The largest absolute Gasteiger partial charge is 0.760 e. The van der Waals surface area contributed by atoms with E-state index >= 15 is 0 Å². The molecule has 1 atom stereocenters. The highest BCUT2D eigenvalue weighted by atomic mass is 32.2. The van der Waals surface area contributed by atoms with Gasteiger partial charge in [-0.2, -0.15) is 0 Å². The fourth-order valence-corrected chi connectivity index (χ4v) is 0.428. The summed E-state index contributed by atoms with van der Waals surface area (Å²) >= 11 is -2.36. The molecule has 0 saturated heterocycles. The molecule has 0 aliphatic carbocycles. The Labute approximate surface area is 67.1 Å². The lowest BCUT2D eigenvalue weighted by Gasteiger charge is -1.85. The minimum Gasteiger partial charge on any atom is -0.760 e. The highest BCUT2D eigenvalue weighted by molar-refractivity contribution is 7.76. The van der Waals surface area contributed by atoms with Gasteiger partial charge in [0.25, 0.3) is 0 Å². The second kappa shape index (κ2) is 5.84. The average Bonchev–Trinajstić information content (AvgIpc) is 1.87. The molecule has 3 N–H and O–H groups in total. The SMILES string of the molecule is NS(=O)[O-].Oc1ccccc1. The summed E-state index contributed by atoms with van der Waals surface area (Å²) in [5.41, 5.74) is 0. The molecule has 1 aromatic rings. The van der Waals surface area contributed by atoms with E-state index in [0.29, 0.717) is 5.75 Å². The van der Waals surface area contributed by atoms with Gasteiger partial charge in [0.05, 0.1) is 0 Å². The van der Waals surface area contributed by atoms with Gasteiger partial charge in [0.2, 0.25) is 0 Å². The van der Waals surface area contributed by atoms with Crippen molar-refractivity contribution in [3.05, 3.63) is 30.3 Å². The first kappa shape index (κ1) is 10.1. The van der Waals surface area contributed by atoms with Crippen LogP contribution in [0.15, 0.2) is 30.3 Å². The summed E-state index contributed by atoms with van der Waals surface area (Å²) in [6, 6.07) is 8.71. The van der Waals surface area contributed by atoms with Crippen molar-refractivity contribution in [3.63, 3.8) is 0 Å². The molecule has 0 spiro atoms. The van der Waals surface area contributed by atoms with Gasteiger partial charge in [-0.05, 0) is 12.1 Å². The second-order valence-electron chi connectivity index (χ2n) is 1.60. The molecular weight excluding hydrogens is 166 g/mol. The predicted molar refractivity (Wildman–Crippen MR) is 41.2 cm³/mol. The van der Waals surface area contributed by atoms with Crippen molar-refractivity contribution in [2.24, 2.45) is 5.14 Å². The number of aromatic hydroxyl groups is 1. The quantitative estimate of drug-likeness (QED) is 0.548. The zero-order valence-electron chi connectivity index (χ0n) is 5.64. The first-order valence-corrected chi connectivity index (χ1v) is 3.84. The minimum atomic E-state index is -2.36. The lowest BCUT2D eigenvalue weighted by atomic mass is 10.3. The van der Waals surface area contributed by atoms with Crippen molar-refractivity contribution in [1.29, 1.82) is 0 Å². The van der Waals surface area contributed by atoms with E-state index in [-0.39, 0.29) is 0 Å². The van der Waals surface area contributed by atoms with Crippen LogP contribution in [0.5, 0.6) is 5.75 Å². The zero-order chi connectivity index (χ0) is 8.69. The molecule has 1 unspecified atom stereocenters. The van der Waals surface area contributed by atoms with Crippen LogP contribution in [0.4, 0.5) is 0 Å². The van der Waals surface area contributed by atoms with Gasteiger partial charge in [-0.15, -0.1) is 0 Å². The molecule has 0 aliphatic rings. The molecule has 4 nitrogen and oxygen atoms in total. The summed E-state index contributed by atoms with van der Waals surface area (Å²) in [6.07, 6.45) is 0. The van der Waals surface area contributed by atoms with E-state index in [0.717, 1.165) is 0 Å². The van der Waals surface area contributed by atoms with Crippen LogP contribution in [0.1, 0.15) is 0 Å². The van der Waals surface area contributed by atoms with Crippen LogP contribution >= 0.6 is 0 Å². The van der Waals surface area contributed by atoms with Gasteiger partial charge >= 0.3 is 0 Å². The standard InChI is InChI=1S/C6H6O.H3NO2S/c7-6-4-2-1-3-5-6;1-4(2)3/h1-5,7H;1H2,(H,2,3)/p-1. The number of hydrogen-bond acceptors (Lipinski definition) is 3. The van der Waals surface area contributed by atoms with Gasteiger partial charge in [0.1, 0.15) is 5.75 Å². The molecule has 0 aliphatic heterocycles. The van der Waals surface area contributed by atoms with Crippen LogP contribution in [-0.4, -0.2) is 13.9 Å². The van der Waals surface area contributed by atoms with Gasteiger partial charge in [-0.25, -0.2) is 0 Å². The van der Waals surface area contributed by atoms with Gasteiger partial charge in [0.15, 0.2) is 0 Å². The molecule has 0 aromatic heterocycles. The minimum absolute atomic E-state index is 0.322. The Morgan fingerprint density at radius 1 is 1.36 bits per heavy atom. The van der Waals surface area contributed by atoms with Gasteiger partial charge in [0, 0.05) is 11.3 Å². The molecular formula is C6H8NO3S-. The molecule has 0 heterocycles. The van der Waals surface area contributed by atoms with Crippen molar-refractivity contribution < 1.29 is 13.9 Å². The molecule has 5 heteroatoms. The Kier molecular flexibility index (Phi) is 5.36. The Morgan fingerprint density at radius 3 is 1.91 bits per heavy atom. The number of nitrogens with two attached hydrogens (primary N) is 1. The molecule has 11 heavy (non-hydrogen) atoms. The summed E-state index contributed by atoms with van der Waals surface area (Å²) in [5, 5.41) is 12.7. The average molecular weight is 174 g/mol. The van der Waals surface area contributed by atoms with E-state index in [2.05, 4.69) is 5.14 Å². The first-order chi connectivity index (χ1) is 5.13. The summed E-state index contributed by atoms with van der Waals surface area (Å²) in [6.45, 7) is 0. The first-order valence-electron chi connectivity index (χ1n) is 2.70. The van der Waals surface area contributed by atoms with Gasteiger partial charge < -0.3 is 9.66 Å². The summed E-state index contributed by atoms with van der Waals surface area (Å²) in [5.74, 6) is 0.322. The van der Waals surface area contributed by atoms with Crippen molar-refractivity contribution in [3.8, 4) is 5.75 Å². The third kappa shape index (κ3) is 9.09. The molecule has 0 saturated carbocycles. The van der Waals surface area contributed by atoms with Crippen LogP contribution < -0.4 is 5.14 Å². The maximum absolute atomic E-state index is 8.78. The van der Waals surface area contributed by atoms with E-state index in [1.807, 2.05) is 6.07 Å². The Hall–Kier alpha value is -0.910. The highest BCUT2D eigenvalue weighted by Gasteiger charge is 1.74. The zero-order valence-corrected chi connectivity index (χ0v) is 6.45. The molecule has 1 aromatic carbocycles. The number of benzene rings is 1. The van der Waals surface area contributed by atoms with Crippen molar-refractivity contribution in [1.82, 2.24) is 0 Å². The van der Waals surface area contributed by atoms with E-state index in [4.69, 9.17) is 13.9 Å². The summed E-state index contributed by atoms with van der Waals surface area (Å²) < 4.78 is 17.6. The maximum atomic E-state index is 8.78. The van der Waals surface area contributed by atoms with Crippen molar-refractivity contribution in [2.75, 3.05) is 0 Å². The van der Waals surface area contributed by atoms with Gasteiger partial charge in [-0.1, -0.05) is 18.2 Å². The number of phenols is 1. The second-order valence-corrected chi connectivity index (χ2v) is 2.12. The van der Waals surface area contributed by atoms with E-state index in [9.17, 15) is 0 Å². The fraction of sp³-hybridized carbons (Fsp3) is 0. The van der Waals surface area contributed by atoms with Crippen molar-refractivity contribution >= 4 is 11.3 Å². The Bertz CT molecular complexity index is 210. The Balaban J connectivity index is 0.000000218. The molecule has 62 valence electrons. The molecule has 1 rings (SSSR count). The van der Waals surface area contributed by atoms with Crippen LogP contribution in [0.3, 0.4) is 0 Å². The van der Waals surface area contributed by atoms with Crippen LogP contribution in [-0.2, 0) is 11.3 Å². The third-order valence-electron chi connectivity index (χ3n) is 0.756. The Morgan fingerprint density at radius 2 is 1.73 bits per heavy atom. The predicted octanol–water partition coefficient (Wildman–Crippen LogP) is 0.131. The molecule has 0 radical (unpaired) electrons. The normalized spacial score (nSPS) is 11.1. The number of para-hydroxylation sites is 1. The monoisotopic (exact) mass is 174 g/mol. The lowest BCUT2D eigenvalue weighted by Crippen LogP contribution is -1.97. The van der Waals surface area contributed by atoms with Crippen LogP contribution in [0.2, 0.25) is 0 Å². The fourth-order valence-electron chi connectivity index (χ4n) is 0.428. The topological polar surface area (TPSA) is 86.4 Å². The number of rotatable bonds is 0. The summed E-state index contributed by atoms with van der Waals surface area (Å²) in [4.78, 5) is 0. The lowest BCUT2D eigenvalue weighted by molar-refractivity contribution is 0.475. The van der Waals surface area contributed by atoms with Gasteiger partial charge in [-0.3, -0.25) is 9.35 Å². The smallest absolute Gasteiger partial charge is 0.115 e. The van der Waals surface area contributed by atoms with E-state index < -0.39 is 11.3 Å². The summed E-state index contributed by atoms with van der Waals surface area (Å²) in [7, 11) is 0. The number of phenolic OH excluding ortho intramolecular Hbond substituents is 1. The van der Waals surface area contributed by atoms with E-state index in [1.165, 1.54) is 0 Å². The molecule has 0 bridgehead atoms. The van der Waals surface area contributed by atoms with Crippen LogP contribution in [0.25, 0.3) is 0 Å². The third-order valence-corrected chi connectivity index (χ3v) is 0.756. The van der Waals surface area contributed by atoms with Crippen molar-refractivity contribution in [2.45, 2.75) is 0 Å². The van der Waals surface area contributed by atoms with E-state index in [1.54, 1.807) is 24.3 Å². The molecule has 0 fully saturated rings. The maximum Gasteiger partial charge on any atom is 0.115 e. The highest BCUT2D eigenvalue weighted by Crippen LogP contribution is 2.02. The number of hydrogen-bond donors (Lipinski definition) is 2. The van der Waals surface area contributed by atoms with Crippen LogP contribution in [0, 0.1) is 0 Å². The molecule has 0 amide bonds.